The molecule has 1 amide bonds. The van der Waals surface area contributed by atoms with Gasteiger partial charge in [-0.25, -0.2) is 0 Å². The first-order valence-corrected chi connectivity index (χ1v) is 6.50. The van der Waals surface area contributed by atoms with Crippen LogP contribution >= 0.6 is 0 Å². The normalized spacial score (nSPS) is 18.9. The third-order valence-electron chi connectivity index (χ3n) is 3.74. The maximum atomic E-state index is 11.9. The van der Waals surface area contributed by atoms with E-state index in [1.54, 1.807) is 0 Å². The molecule has 0 aromatic rings. The lowest BCUT2D eigenvalue weighted by Crippen LogP contribution is -2.40. The Hall–Kier alpha value is -1.50. The quantitative estimate of drug-likeness (QED) is 0.709. The van der Waals surface area contributed by atoms with Crippen molar-refractivity contribution in [2.24, 2.45) is 5.41 Å². The van der Waals surface area contributed by atoms with E-state index in [1.807, 2.05) is 6.92 Å². The Kier molecular flexibility index (Phi) is 5.21. The molecule has 4 nitrogen and oxygen atoms in total. The van der Waals surface area contributed by atoms with Gasteiger partial charge in [-0.05, 0) is 19.3 Å². The van der Waals surface area contributed by atoms with E-state index in [-0.39, 0.29) is 18.4 Å². The molecule has 1 fully saturated rings. The molecule has 1 unspecified atom stereocenters. The van der Waals surface area contributed by atoms with Crippen LogP contribution < -0.4 is 5.32 Å². The molecule has 0 saturated heterocycles. The first kappa shape index (κ1) is 14.6. The molecule has 1 saturated carbocycles. The van der Waals surface area contributed by atoms with Crippen molar-refractivity contribution in [2.75, 3.05) is 0 Å². The van der Waals surface area contributed by atoms with E-state index in [0.717, 1.165) is 19.3 Å². The molecule has 2 N–H and O–H groups in total. The third-order valence-corrected chi connectivity index (χ3v) is 3.74. The van der Waals surface area contributed by atoms with Crippen molar-refractivity contribution in [1.29, 1.82) is 0 Å². The molecular weight excluding hydrogens is 230 g/mol. The first-order valence-electron chi connectivity index (χ1n) is 6.50. The minimum absolute atomic E-state index is 0.0465. The summed E-state index contributed by atoms with van der Waals surface area (Å²) in [6.07, 6.45) is 9.52. The average molecular weight is 251 g/mol. The van der Waals surface area contributed by atoms with Crippen LogP contribution in [0.2, 0.25) is 0 Å². The van der Waals surface area contributed by atoms with E-state index >= 15 is 0 Å². The van der Waals surface area contributed by atoms with Crippen LogP contribution in [0, 0.1) is 17.8 Å². The van der Waals surface area contributed by atoms with Gasteiger partial charge in [-0.3, -0.25) is 9.59 Å². The highest BCUT2D eigenvalue weighted by molar-refractivity contribution is 5.85. The number of carbonyl (C=O) groups is 2. The van der Waals surface area contributed by atoms with Crippen LogP contribution in [-0.4, -0.2) is 23.0 Å². The van der Waals surface area contributed by atoms with Crippen molar-refractivity contribution < 1.29 is 14.7 Å². The Bertz CT molecular complexity index is 351. The number of aliphatic carboxylic acids is 1. The molecule has 100 valence electrons. The van der Waals surface area contributed by atoms with Gasteiger partial charge in [-0.15, -0.1) is 12.3 Å². The second kappa shape index (κ2) is 6.44. The van der Waals surface area contributed by atoms with Crippen molar-refractivity contribution >= 4 is 11.9 Å². The summed E-state index contributed by atoms with van der Waals surface area (Å²) in [4.78, 5) is 23.2. The average Bonchev–Trinajstić information content (AvgIpc) is 2.78. The number of terminal acetylenes is 1. The lowest BCUT2D eigenvalue weighted by Gasteiger charge is -2.24. The molecule has 4 heteroatoms. The predicted octanol–water partition coefficient (Wildman–Crippen LogP) is 1.94. The number of rotatable bonds is 6. The lowest BCUT2D eigenvalue weighted by atomic mass is 9.82. The number of carbonyl (C=O) groups excluding carboxylic acids is 1. The highest BCUT2D eigenvalue weighted by Gasteiger charge is 2.43. The molecule has 1 atom stereocenters. The molecule has 0 bridgehead atoms. The molecule has 0 aliphatic heterocycles. The second-order valence-electron chi connectivity index (χ2n) is 5.05. The van der Waals surface area contributed by atoms with Crippen LogP contribution in [0.15, 0.2) is 0 Å². The van der Waals surface area contributed by atoms with Crippen LogP contribution in [-0.2, 0) is 9.59 Å². The van der Waals surface area contributed by atoms with Crippen LogP contribution in [0.25, 0.3) is 0 Å². The summed E-state index contributed by atoms with van der Waals surface area (Å²) < 4.78 is 0. The summed E-state index contributed by atoms with van der Waals surface area (Å²) in [7, 11) is 0. The maximum absolute atomic E-state index is 11.9. The zero-order valence-electron chi connectivity index (χ0n) is 10.9. The fraction of sp³-hybridized carbons (Fsp3) is 0.714. The monoisotopic (exact) mass is 251 g/mol. The Morgan fingerprint density at radius 3 is 2.50 bits per heavy atom. The van der Waals surface area contributed by atoms with Gasteiger partial charge in [0.1, 0.15) is 0 Å². The van der Waals surface area contributed by atoms with Crippen molar-refractivity contribution in [3.63, 3.8) is 0 Å². The Labute approximate surface area is 108 Å². The lowest BCUT2D eigenvalue weighted by molar-refractivity contribution is -0.151. The van der Waals surface area contributed by atoms with Crippen molar-refractivity contribution in [1.82, 2.24) is 5.32 Å². The Balaban J connectivity index is 2.57. The van der Waals surface area contributed by atoms with E-state index in [9.17, 15) is 14.7 Å². The second-order valence-corrected chi connectivity index (χ2v) is 5.05. The highest BCUT2D eigenvalue weighted by atomic mass is 16.4. The first-order chi connectivity index (χ1) is 8.54. The van der Waals surface area contributed by atoms with Crippen LogP contribution in [0.1, 0.15) is 51.9 Å². The number of carboxylic acids is 1. The van der Waals surface area contributed by atoms with E-state index in [0.29, 0.717) is 19.3 Å². The summed E-state index contributed by atoms with van der Waals surface area (Å²) >= 11 is 0. The van der Waals surface area contributed by atoms with E-state index in [2.05, 4.69) is 11.2 Å². The Morgan fingerprint density at radius 1 is 1.44 bits per heavy atom. The van der Waals surface area contributed by atoms with Gasteiger partial charge in [0.25, 0.3) is 0 Å². The summed E-state index contributed by atoms with van der Waals surface area (Å²) in [5.41, 5.74) is -0.849. The molecular formula is C14H21NO3. The van der Waals surface area contributed by atoms with Gasteiger partial charge in [0.15, 0.2) is 0 Å². The molecule has 1 aliphatic rings. The molecule has 0 radical (unpaired) electrons. The van der Waals surface area contributed by atoms with E-state index < -0.39 is 11.4 Å². The van der Waals surface area contributed by atoms with E-state index in [1.165, 1.54) is 0 Å². The van der Waals surface area contributed by atoms with Gasteiger partial charge >= 0.3 is 5.97 Å². The van der Waals surface area contributed by atoms with Crippen molar-refractivity contribution in [3.8, 4) is 12.3 Å². The summed E-state index contributed by atoms with van der Waals surface area (Å²) in [5, 5.41) is 12.1. The van der Waals surface area contributed by atoms with Gasteiger partial charge < -0.3 is 10.4 Å². The smallest absolute Gasteiger partial charge is 0.310 e. The molecule has 1 rings (SSSR count). The van der Waals surface area contributed by atoms with Crippen LogP contribution in [0.3, 0.4) is 0 Å². The third kappa shape index (κ3) is 3.49. The molecule has 1 aliphatic carbocycles. The van der Waals surface area contributed by atoms with Gasteiger partial charge in [0.2, 0.25) is 5.91 Å². The SMILES string of the molecule is C#CCC(CC)NC(=O)CC1(C(=O)O)CCCC1. The number of hydrogen-bond acceptors (Lipinski definition) is 2. The summed E-state index contributed by atoms with van der Waals surface area (Å²) in [6.45, 7) is 1.95. The maximum Gasteiger partial charge on any atom is 0.310 e. The number of amides is 1. The summed E-state index contributed by atoms with van der Waals surface area (Å²) in [5.74, 6) is 1.48. The van der Waals surface area contributed by atoms with Gasteiger partial charge in [-0.2, -0.15) is 0 Å². The standard InChI is InChI=1S/C14H21NO3/c1-3-7-11(4-2)15-12(16)10-14(13(17)18)8-5-6-9-14/h1,11H,4-10H2,2H3,(H,15,16)(H,17,18). The molecule has 18 heavy (non-hydrogen) atoms. The van der Waals surface area contributed by atoms with Crippen molar-refractivity contribution in [2.45, 2.75) is 57.9 Å². The number of carboxylic acid groups (broad SMARTS) is 1. The minimum Gasteiger partial charge on any atom is -0.481 e. The van der Waals surface area contributed by atoms with Crippen LogP contribution in [0.4, 0.5) is 0 Å². The molecule has 0 heterocycles. The van der Waals surface area contributed by atoms with E-state index in [4.69, 9.17) is 6.42 Å². The largest absolute Gasteiger partial charge is 0.481 e. The number of hydrogen-bond donors (Lipinski definition) is 2. The van der Waals surface area contributed by atoms with Crippen LogP contribution in [0.5, 0.6) is 0 Å². The topological polar surface area (TPSA) is 66.4 Å². The highest BCUT2D eigenvalue weighted by Crippen LogP contribution is 2.41. The summed E-state index contributed by atoms with van der Waals surface area (Å²) in [6, 6.07) is -0.0465. The number of nitrogens with one attached hydrogen (secondary N) is 1. The fourth-order valence-electron chi connectivity index (χ4n) is 2.54. The minimum atomic E-state index is -0.849. The zero-order valence-corrected chi connectivity index (χ0v) is 10.9. The van der Waals surface area contributed by atoms with Gasteiger partial charge in [0.05, 0.1) is 5.41 Å². The Morgan fingerprint density at radius 2 is 2.06 bits per heavy atom. The van der Waals surface area contributed by atoms with Gasteiger partial charge in [0, 0.05) is 18.9 Å². The zero-order chi connectivity index (χ0) is 13.6. The fourth-order valence-corrected chi connectivity index (χ4v) is 2.54. The van der Waals surface area contributed by atoms with Crippen molar-refractivity contribution in [3.05, 3.63) is 0 Å². The molecule has 0 aromatic carbocycles. The van der Waals surface area contributed by atoms with Gasteiger partial charge in [-0.1, -0.05) is 19.8 Å². The molecule has 0 spiro atoms. The predicted molar refractivity (Wildman–Crippen MR) is 68.8 cm³/mol. The molecule has 0 aromatic heterocycles.